The minimum Gasteiger partial charge on any atom is -0.335 e. The Kier molecular flexibility index (Phi) is 5.83. The predicted octanol–water partition coefficient (Wildman–Crippen LogP) is 3.14. The molecule has 3 rings (SSSR count). The fourth-order valence-electron chi connectivity index (χ4n) is 3.70. The summed E-state index contributed by atoms with van der Waals surface area (Å²) in [5.41, 5.74) is 2.99. The molecule has 6 nitrogen and oxygen atoms in total. The van der Waals surface area contributed by atoms with Crippen molar-refractivity contribution in [3.63, 3.8) is 0 Å². The van der Waals surface area contributed by atoms with Crippen LogP contribution in [0, 0.1) is 13.8 Å². The first kappa shape index (κ1) is 21.5. The molecule has 156 valence electrons. The molecule has 29 heavy (non-hydrogen) atoms. The van der Waals surface area contributed by atoms with Crippen molar-refractivity contribution in [1.82, 2.24) is 14.2 Å². The maximum absolute atomic E-state index is 13.3. The number of aromatic nitrogens is 1. The number of rotatable bonds is 3. The molecule has 7 heteroatoms. The van der Waals surface area contributed by atoms with Crippen LogP contribution in [0.2, 0.25) is 0 Å². The zero-order chi connectivity index (χ0) is 21.4. The highest BCUT2D eigenvalue weighted by molar-refractivity contribution is 7.89. The fourth-order valence-corrected chi connectivity index (χ4v) is 5.54. The maximum Gasteiger partial charge on any atom is 0.272 e. The third-order valence-electron chi connectivity index (χ3n) is 5.33. The number of pyridine rings is 1. The third-order valence-corrected chi connectivity index (χ3v) is 7.54. The van der Waals surface area contributed by atoms with Crippen molar-refractivity contribution < 1.29 is 13.2 Å². The number of aryl methyl sites for hydroxylation is 2. The third kappa shape index (κ3) is 4.36. The average Bonchev–Trinajstić information content (AvgIpc) is 2.66. The molecule has 0 N–H and O–H groups in total. The van der Waals surface area contributed by atoms with Crippen LogP contribution >= 0.6 is 0 Å². The maximum atomic E-state index is 13.3. The summed E-state index contributed by atoms with van der Waals surface area (Å²) in [6.45, 7) is 11.3. The number of hydrogen-bond donors (Lipinski definition) is 0. The molecule has 1 amide bonds. The van der Waals surface area contributed by atoms with E-state index < -0.39 is 10.0 Å². The topological polar surface area (TPSA) is 70.6 Å². The normalized spacial score (nSPS) is 16.1. The van der Waals surface area contributed by atoms with E-state index in [2.05, 4.69) is 25.8 Å². The molecule has 1 fully saturated rings. The number of amides is 1. The quantitative estimate of drug-likeness (QED) is 0.772. The van der Waals surface area contributed by atoms with Gasteiger partial charge in [-0.2, -0.15) is 4.31 Å². The first-order valence-corrected chi connectivity index (χ1v) is 11.3. The van der Waals surface area contributed by atoms with Crippen molar-refractivity contribution in [1.29, 1.82) is 0 Å². The molecule has 0 bridgehead atoms. The summed E-state index contributed by atoms with van der Waals surface area (Å²) in [6, 6.07) is 9.15. The monoisotopic (exact) mass is 415 g/mol. The Morgan fingerprint density at radius 2 is 1.59 bits per heavy atom. The molecule has 0 spiro atoms. The largest absolute Gasteiger partial charge is 0.335 e. The Bertz CT molecular complexity index is 980. The van der Waals surface area contributed by atoms with Gasteiger partial charge in [0.2, 0.25) is 10.0 Å². The van der Waals surface area contributed by atoms with Gasteiger partial charge in [-0.1, -0.05) is 39.0 Å². The Hall–Kier alpha value is -2.25. The molecular weight excluding hydrogens is 386 g/mol. The molecule has 2 heterocycles. The van der Waals surface area contributed by atoms with Gasteiger partial charge in [-0.15, -0.1) is 0 Å². The Morgan fingerprint density at radius 1 is 1.00 bits per heavy atom. The second-order valence-corrected chi connectivity index (χ2v) is 10.5. The van der Waals surface area contributed by atoms with Gasteiger partial charge in [0, 0.05) is 32.4 Å². The molecular formula is C22H29N3O3S. The summed E-state index contributed by atoms with van der Waals surface area (Å²) in [5, 5.41) is 0. The van der Waals surface area contributed by atoms with Crippen LogP contribution in [0.3, 0.4) is 0 Å². The number of nitrogens with zero attached hydrogens (tertiary/aromatic N) is 3. The van der Waals surface area contributed by atoms with Crippen molar-refractivity contribution >= 4 is 15.9 Å². The second-order valence-electron chi connectivity index (χ2n) is 8.60. The van der Waals surface area contributed by atoms with Gasteiger partial charge in [-0.05, 0) is 48.1 Å². The number of benzene rings is 1. The highest BCUT2D eigenvalue weighted by atomic mass is 32.2. The lowest BCUT2D eigenvalue weighted by Gasteiger charge is -2.34. The zero-order valence-corrected chi connectivity index (χ0v) is 18.6. The van der Waals surface area contributed by atoms with Gasteiger partial charge in [0.05, 0.1) is 4.90 Å². The molecule has 1 aromatic heterocycles. The van der Waals surface area contributed by atoms with E-state index in [1.165, 1.54) is 4.31 Å². The molecule has 0 aliphatic carbocycles. The van der Waals surface area contributed by atoms with E-state index in [-0.39, 0.29) is 24.4 Å². The van der Waals surface area contributed by atoms with Crippen LogP contribution in [0.15, 0.2) is 41.4 Å². The summed E-state index contributed by atoms with van der Waals surface area (Å²) in [7, 11) is -3.62. The minimum atomic E-state index is -3.62. The van der Waals surface area contributed by atoms with Crippen LogP contribution in [-0.4, -0.2) is 54.7 Å². The van der Waals surface area contributed by atoms with E-state index in [0.29, 0.717) is 23.7 Å². The highest BCUT2D eigenvalue weighted by Crippen LogP contribution is 2.31. The van der Waals surface area contributed by atoms with Gasteiger partial charge < -0.3 is 4.90 Å². The van der Waals surface area contributed by atoms with E-state index in [0.717, 1.165) is 16.7 Å². The molecule has 0 unspecified atom stereocenters. The number of carbonyl (C=O) groups excluding carboxylic acids is 1. The van der Waals surface area contributed by atoms with Crippen molar-refractivity contribution in [2.24, 2.45) is 0 Å². The van der Waals surface area contributed by atoms with Crippen LogP contribution in [0.5, 0.6) is 0 Å². The molecule has 1 saturated heterocycles. The van der Waals surface area contributed by atoms with Gasteiger partial charge in [0.1, 0.15) is 5.69 Å². The number of hydrogen-bond acceptors (Lipinski definition) is 4. The standard InChI is InChI=1S/C22H29N3O3S/c1-16-14-18(22(3,4)5)15-17(2)20(16)29(27,28)25-12-10-24(11-13-25)21(26)19-8-6-7-9-23-19/h6-9,14-15H,10-13H2,1-5H3. The van der Waals surface area contributed by atoms with Crippen LogP contribution < -0.4 is 0 Å². The van der Waals surface area contributed by atoms with Crippen LogP contribution in [0.4, 0.5) is 0 Å². The Labute approximate surface area is 173 Å². The summed E-state index contributed by atoms with van der Waals surface area (Å²) < 4.78 is 28.2. The molecule has 1 aromatic carbocycles. The Morgan fingerprint density at radius 3 is 2.07 bits per heavy atom. The van der Waals surface area contributed by atoms with Gasteiger partial charge in [-0.25, -0.2) is 8.42 Å². The van der Waals surface area contributed by atoms with Crippen LogP contribution in [0.25, 0.3) is 0 Å². The number of sulfonamides is 1. The minimum absolute atomic E-state index is 0.0464. The highest BCUT2D eigenvalue weighted by Gasteiger charge is 2.33. The summed E-state index contributed by atoms with van der Waals surface area (Å²) in [6.07, 6.45) is 1.58. The first-order chi connectivity index (χ1) is 13.5. The smallest absolute Gasteiger partial charge is 0.272 e. The molecule has 0 atom stereocenters. The van der Waals surface area contributed by atoms with Gasteiger partial charge in [-0.3, -0.25) is 9.78 Å². The number of piperazine rings is 1. The fraction of sp³-hybridized carbons (Fsp3) is 0.455. The average molecular weight is 416 g/mol. The molecule has 1 aliphatic heterocycles. The summed E-state index contributed by atoms with van der Waals surface area (Å²) in [5.74, 6) is -0.162. The van der Waals surface area contributed by atoms with E-state index in [4.69, 9.17) is 0 Å². The van der Waals surface area contributed by atoms with Crippen molar-refractivity contribution in [3.05, 3.63) is 58.9 Å². The lowest BCUT2D eigenvalue weighted by atomic mass is 9.85. The number of carbonyl (C=O) groups is 1. The SMILES string of the molecule is Cc1cc(C(C)(C)C)cc(C)c1S(=O)(=O)N1CCN(C(=O)c2ccccn2)CC1. The molecule has 0 saturated carbocycles. The van der Waals surface area contributed by atoms with E-state index in [1.54, 1.807) is 29.3 Å². The van der Waals surface area contributed by atoms with Crippen LogP contribution in [-0.2, 0) is 15.4 Å². The summed E-state index contributed by atoms with van der Waals surface area (Å²) >= 11 is 0. The van der Waals surface area contributed by atoms with Crippen molar-refractivity contribution in [3.8, 4) is 0 Å². The zero-order valence-electron chi connectivity index (χ0n) is 17.8. The van der Waals surface area contributed by atoms with E-state index in [1.807, 2.05) is 26.0 Å². The predicted molar refractivity (Wildman–Crippen MR) is 114 cm³/mol. The second kappa shape index (κ2) is 7.88. The molecule has 0 radical (unpaired) electrons. The van der Waals surface area contributed by atoms with Crippen LogP contribution in [0.1, 0.15) is 48.0 Å². The van der Waals surface area contributed by atoms with Crippen molar-refractivity contribution in [2.75, 3.05) is 26.2 Å². The van der Waals surface area contributed by atoms with Crippen molar-refractivity contribution in [2.45, 2.75) is 44.9 Å². The lowest BCUT2D eigenvalue weighted by Crippen LogP contribution is -2.50. The van der Waals surface area contributed by atoms with Gasteiger partial charge in [0.25, 0.3) is 5.91 Å². The van der Waals surface area contributed by atoms with Gasteiger partial charge in [0.15, 0.2) is 0 Å². The molecule has 2 aromatic rings. The Balaban J connectivity index is 1.79. The molecule has 1 aliphatic rings. The first-order valence-electron chi connectivity index (χ1n) is 9.84. The van der Waals surface area contributed by atoms with E-state index in [9.17, 15) is 13.2 Å². The van der Waals surface area contributed by atoms with Gasteiger partial charge >= 0.3 is 0 Å². The summed E-state index contributed by atoms with van der Waals surface area (Å²) in [4.78, 5) is 18.7. The van der Waals surface area contributed by atoms with E-state index >= 15 is 0 Å². The lowest BCUT2D eigenvalue weighted by molar-refractivity contribution is 0.0692.